The molecule has 0 aliphatic heterocycles. The Bertz CT molecular complexity index is 454. The van der Waals surface area contributed by atoms with Crippen molar-refractivity contribution in [1.29, 1.82) is 0 Å². The molecule has 0 spiro atoms. The maximum Gasteiger partial charge on any atom is 0.269 e. The van der Waals surface area contributed by atoms with Crippen LogP contribution in [0.2, 0.25) is 5.02 Å². The van der Waals surface area contributed by atoms with Crippen LogP contribution in [0.3, 0.4) is 0 Å². The maximum atomic E-state index is 11.2. The second-order valence-electron chi connectivity index (χ2n) is 3.64. The van der Waals surface area contributed by atoms with E-state index in [1.807, 2.05) is 6.92 Å². The fourth-order valence-electron chi connectivity index (χ4n) is 1.36. The molecule has 0 aliphatic carbocycles. The average molecular weight is 291 g/mol. The summed E-state index contributed by atoms with van der Waals surface area (Å²) in [7, 11) is -0.806. The van der Waals surface area contributed by atoms with Gasteiger partial charge in [0.15, 0.2) is 0 Å². The first kappa shape index (κ1) is 15.1. The normalized spacial score (nSPS) is 12.3. The Morgan fingerprint density at radius 1 is 1.50 bits per heavy atom. The zero-order valence-corrected chi connectivity index (χ0v) is 11.6. The third-order valence-electron chi connectivity index (χ3n) is 2.38. The zero-order chi connectivity index (χ0) is 13.5. The van der Waals surface area contributed by atoms with E-state index in [1.165, 1.54) is 18.2 Å². The molecule has 100 valence electrons. The molecule has 0 heterocycles. The van der Waals surface area contributed by atoms with Crippen LogP contribution in [0.4, 0.5) is 5.69 Å². The van der Waals surface area contributed by atoms with E-state index in [0.29, 0.717) is 35.2 Å². The quantitative estimate of drug-likeness (QED) is 0.474. The summed E-state index contributed by atoms with van der Waals surface area (Å²) in [5.41, 5.74) is 0.696. The number of rotatable bonds is 7. The minimum atomic E-state index is -0.806. The molecule has 0 bridgehead atoms. The molecule has 18 heavy (non-hydrogen) atoms. The second-order valence-corrected chi connectivity index (χ2v) is 5.91. The van der Waals surface area contributed by atoms with Crippen molar-refractivity contribution < 1.29 is 9.13 Å². The summed E-state index contributed by atoms with van der Waals surface area (Å²) in [6, 6.07) is 4.34. The van der Waals surface area contributed by atoms with E-state index in [9.17, 15) is 14.3 Å². The van der Waals surface area contributed by atoms with Crippen molar-refractivity contribution >= 4 is 28.1 Å². The van der Waals surface area contributed by atoms with Crippen LogP contribution in [0.1, 0.15) is 12.5 Å². The molecule has 5 nitrogen and oxygen atoms in total. The summed E-state index contributed by atoms with van der Waals surface area (Å²) in [6.07, 6.45) is 0. The molecule has 0 saturated carbocycles. The van der Waals surface area contributed by atoms with Gasteiger partial charge in [0.25, 0.3) is 5.69 Å². The Labute approximate surface area is 113 Å². The highest BCUT2D eigenvalue weighted by Gasteiger charge is 2.09. The monoisotopic (exact) mass is 290 g/mol. The Morgan fingerprint density at radius 3 is 2.83 bits per heavy atom. The number of nitrogens with one attached hydrogen (secondary N) is 1. The first-order valence-corrected chi connectivity index (χ1v) is 7.39. The van der Waals surface area contributed by atoms with Gasteiger partial charge in [-0.15, -0.1) is 0 Å². The second kappa shape index (κ2) is 7.45. The highest BCUT2D eigenvalue weighted by Crippen LogP contribution is 2.21. The summed E-state index contributed by atoms with van der Waals surface area (Å²) in [6.45, 7) is 2.90. The molecule has 1 N–H and O–H groups in total. The number of non-ortho nitro benzene ring substituents is 1. The molecule has 1 unspecified atom stereocenters. The predicted molar refractivity (Wildman–Crippen MR) is 73.4 cm³/mol. The van der Waals surface area contributed by atoms with Gasteiger partial charge < -0.3 is 5.32 Å². The van der Waals surface area contributed by atoms with Crippen LogP contribution in [0.25, 0.3) is 0 Å². The van der Waals surface area contributed by atoms with E-state index in [4.69, 9.17) is 11.6 Å². The third kappa shape index (κ3) is 4.72. The van der Waals surface area contributed by atoms with E-state index in [2.05, 4.69) is 5.32 Å². The van der Waals surface area contributed by atoms with Crippen LogP contribution < -0.4 is 5.32 Å². The van der Waals surface area contributed by atoms with E-state index < -0.39 is 15.7 Å². The number of hydrogen-bond acceptors (Lipinski definition) is 4. The molecule has 0 fully saturated rings. The van der Waals surface area contributed by atoms with Crippen molar-refractivity contribution in [2.75, 3.05) is 18.1 Å². The molecule has 0 saturated heterocycles. The largest absolute Gasteiger partial charge is 0.312 e. The van der Waals surface area contributed by atoms with Gasteiger partial charge in [0.2, 0.25) is 0 Å². The molecule has 1 aromatic rings. The smallest absolute Gasteiger partial charge is 0.269 e. The Hall–Kier alpha value is -0.980. The van der Waals surface area contributed by atoms with Crippen LogP contribution in [-0.2, 0) is 17.3 Å². The Morgan fingerprint density at radius 2 is 2.22 bits per heavy atom. The first-order valence-electron chi connectivity index (χ1n) is 5.53. The molecule has 0 amide bonds. The highest BCUT2D eigenvalue weighted by atomic mass is 35.5. The number of hydrogen-bond donors (Lipinski definition) is 1. The topological polar surface area (TPSA) is 72.2 Å². The van der Waals surface area contributed by atoms with E-state index in [0.717, 1.165) is 0 Å². The van der Waals surface area contributed by atoms with Crippen molar-refractivity contribution in [3.05, 3.63) is 38.9 Å². The van der Waals surface area contributed by atoms with Crippen LogP contribution in [0, 0.1) is 10.1 Å². The van der Waals surface area contributed by atoms with Gasteiger partial charge >= 0.3 is 0 Å². The fourth-order valence-corrected chi connectivity index (χ4v) is 2.21. The average Bonchev–Trinajstić information content (AvgIpc) is 2.35. The molecule has 1 aromatic carbocycles. The Kier molecular flexibility index (Phi) is 6.24. The third-order valence-corrected chi connectivity index (χ3v) is 4.06. The summed E-state index contributed by atoms with van der Waals surface area (Å²) in [5, 5.41) is 14.2. The van der Waals surface area contributed by atoms with Gasteiger partial charge in [-0.25, -0.2) is 0 Å². The minimum absolute atomic E-state index is 0.0216. The van der Waals surface area contributed by atoms with Crippen molar-refractivity contribution in [3.8, 4) is 0 Å². The lowest BCUT2D eigenvalue weighted by molar-refractivity contribution is -0.384. The van der Waals surface area contributed by atoms with Crippen LogP contribution in [0.15, 0.2) is 18.2 Å². The van der Waals surface area contributed by atoms with Gasteiger partial charge in [0.05, 0.1) is 4.92 Å². The Balaban J connectivity index is 2.53. The van der Waals surface area contributed by atoms with Crippen LogP contribution in [0.5, 0.6) is 0 Å². The van der Waals surface area contributed by atoms with Crippen LogP contribution >= 0.6 is 11.6 Å². The first-order chi connectivity index (χ1) is 8.54. The van der Waals surface area contributed by atoms with Gasteiger partial charge in [-0.1, -0.05) is 18.5 Å². The summed E-state index contributed by atoms with van der Waals surface area (Å²) in [4.78, 5) is 10.2. The van der Waals surface area contributed by atoms with Gasteiger partial charge in [-0.2, -0.15) is 0 Å². The summed E-state index contributed by atoms with van der Waals surface area (Å²) in [5.74, 6) is 1.21. The molecular formula is C11H15ClN2O3S. The van der Waals surface area contributed by atoms with E-state index in [1.54, 1.807) is 0 Å². The molecule has 1 atom stereocenters. The molecule has 0 aliphatic rings. The lowest BCUT2D eigenvalue weighted by Crippen LogP contribution is -2.20. The van der Waals surface area contributed by atoms with Gasteiger partial charge in [0, 0.05) is 52.6 Å². The number of nitrogens with zero attached hydrogens (tertiary/aromatic N) is 1. The molecule has 1 rings (SSSR count). The molecular weight excluding hydrogens is 276 g/mol. The van der Waals surface area contributed by atoms with Crippen molar-refractivity contribution in [2.24, 2.45) is 0 Å². The number of halogens is 1. The highest BCUT2D eigenvalue weighted by molar-refractivity contribution is 7.84. The van der Waals surface area contributed by atoms with Crippen molar-refractivity contribution in [2.45, 2.75) is 13.5 Å². The number of nitro benzene ring substituents is 1. The van der Waals surface area contributed by atoms with E-state index in [-0.39, 0.29) is 5.69 Å². The number of nitro groups is 1. The van der Waals surface area contributed by atoms with Crippen molar-refractivity contribution in [1.82, 2.24) is 5.32 Å². The van der Waals surface area contributed by atoms with Gasteiger partial charge in [-0.3, -0.25) is 14.3 Å². The lowest BCUT2D eigenvalue weighted by Gasteiger charge is -2.06. The minimum Gasteiger partial charge on any atom is -0.312 e. The summed E-state index contributed by atoms with van der Waals surface area (Å²) >= 11 is 5.95. The number of benzene rings is 1. The molecule has 0 radical (unpaired) electrons. The van der Waals surface area contributed by atoms with E-state index >= 15 is 0 Å². The van der Waals surface area contributed by atoms with Crippen molar-refractivity contribution in [3.63, 3.8) is 0 Å². The lowest BCUT2D eigenvalue weighted by atomic mass is 10.2. The fraction of sp³-hybridized carbons (Fsp3) is 0.455. The van der Waals surface area contributed by atoms with Gasteiger partial charge in [-0.05, 0) is 11.6 Å². The predicted octanol–water partition coefficient (Wildman–Crippen LogP) is 2.11. The standard InChI is InChI=1S/C11H15ClN2O3S/c1-2-18(17)6-5-13-8-9-7-10(14(15)16)3-4-11(9)12/h3-4,7,13H,2,5-6,8H2,1H3. The maximum absolute atomic E-state index is 11.2. The van der Waals surface area contributed by atoms with Crippen LogP contribution in [-0.4, -0.2) is 27.2 Å². The molecule has 7 heteroatoms. The SMILES string of the molecule is CCS(=O)CCNCc1cc([N+](=O)[O-])ccc1Cl. The van der Waals surface area contributed by atoms with Gasteiger partial charge in [0.1, 0.15) is 0 Å². The zero-order valence-electron chi connectivity index (χ0n) is 10.0. The summed E-state index contributed by atoms with van der Waals surface area (Å²) < 4.78 is 11.2. The molecule has 0 aromatic heterocycles.